The average molecular weight is 259 g/mol. The maximum absolute atomic E-state index is 10.7. The third-order valence-electron chi connectivity index (χ3n) is 3.31. The van der Waals surface area contributed by atoms with Gasteiger partial charge in [0.2, 0.25) is 0 Å². The molecule has 0 spiro atoms. The van der Waals surface area contributed by atoms with Gasteiger partial charge in [-0.3, -0.25) is 0 Å². The molecule has 0 aromatic rings. The van der Waals surface area contributed by atoms with Crippen molar-refractivity contribution in [1.29, 1.82) is 0 Å². The van der Waals surface area contributed by atoms with Crippen LogP contribution in [0.4, 0.5) is 4.79 Å². The molecule has 1 N–H and O–H groups in total. The number of piperidine rings is 1. The van der Waals surface area contributed by atoms with E-state index in [1.807, 2.05) is 0 Å². The summed E-state index contributed by atoms with van der Waals surface area (Å²) in [6.45, 7) is 2.85. The second-order valence-electron chi connectivity index (χ2n) is 4.75. The fourth-order valence-electron chi connectivity index (χ4n) is 2.17. The van der Waals surface area contributed by atoms with E-state index < -0.39 is 6.09 Å². The van der Waals surface area contributed by atoms with E-state index in [9.17, 15) is 4.79 Å². The summed E-state index contributed by atoms with van der Waals surface area (Å²) in [7, 11) is 1.73. The smallest absolute Gasteiger partial charge is 0.407 e. The van der Waals surface area contributed by atoms with Gasteiger partial charge in [-0.25, -0.2) is 4.79 Å². The molecule has 18 heavy (non-hydrogen) atoms. The van der Waals surface area contributed by atoms with Crippen LogP contribution in [0, 0.1) is 0 Å². The minimum absolute atomic E-state index is 0.250. The average Bonchev–Trinajstić information content (AvgIpc) is 2.38. The van der Waals surface area contributed by atoms with Crippen molar-refractivity contribution in [2.75, 3.05) is 33.4 Å². The predicted molar refractivity (Wildman–Crippen MR) is 68.9 cm³/mol. The van der Waals surface area contributed by atoms with Gasteiger partial charge in [0.25, 0.3) is 0 Å². The van der Waals surface area contributed by atoms with Crippen molar-refractivity contribution in [3.8, 4) is 0 Å². The summed E-state index contributed by atoms with van der Waals surface area (Å²) in [6.07, 6.45) is 5.67. The number of likely N-dealkylation sites (tertiary alicyclic amines) is 1. The molecule has 1 amide bonds. The molecule has 1 aliphatic heterocycles. The number of hydrogen-bond donors (Lipinski definition) is 1. The van der Waals surface area contributed by atoms with Crippen LogP contribution in [0.1, 0.15) is 38.5 Å². The van der Waals surface area contributed by atoms with Crippen LogP contribution in [0.25, 0.3) is 0 Å². The summed E-state index contributed by atoms with van der Waals surface area (Å²) in [5.74, 6) is 0. The quantitative estimate of drug-likeness (QED) is 0.680. The summed E-state index contributed by atoms with van der Waals surface area (Å²) in [5.41, 5.74) is 0. The molecule has 0 radical (unpaired) electrons. The van der Waals surface area contributed by atoms with Gasteiger partial charge in [-0.1, -0.05) is 12.8 Å². The zero-order valence-electron chi connectivity index (χ0n) is 11.3. The van der Waals surface area contributed by atoms with Crippen molar-refractivity contribution in [1.82, 2.24) is 4.90 Å². The topological polar surface area (TPSA) is 59.0 Å². The predicted octanol–water partition coefficient (Wildman–Crippen LogP) is 2.35. The summed E-state index contributed by atoms with van der Waals surface area (Å²) in [4.78, 5) is 12.2. The van der Waals surface area contributed by atoms with Gasteiger partial charge in [-0.15, -0.1) is 0 Å². The molecule has 1 heterocycles. The fraction of sp³-hybridized carbons (Fsp3) is 0.923. The van der Waals surface area contributed by atoms with Gasteiger partial charge in [-0.2, -0.15) is 0 Å². The molecule has 0 aromatic carbocycles. The van der Waals surface area contributed by atoms with E-state index >= 15 is 0 Å². The highest BCUT2D eigenvalue weighted by atomic mass is 16.5. The molecule has 1 saturated heterocycles. The Balaban J connectivity index is 1.93. The maximum atomic E-state index is 10.7. The highest BCUT2D eigenvalue weighted by Crippen LogP contribution is 2.14. The van der Waals surface area contributed by atoms with E-state index in [-0.39, 0.29) is 6.10 Å². The Kier molecular flexibility index (Phi) is 7.76. The number of hydrogen-bond acceptors (Lipinski definition) is 3. The van der Waals surface area contributed by atoms with Gasteiger partial charge in [0.05, 0.1) is 6.10 Å². The van der Waals surface area contributed by atoms with Crippen LogP contribution in [-0.4, -0.2) is 55.6 Å². The molecule has 0 atom stereocenters. The Morgan fingerprint density at radius 2 is 1.78 bits per heavy atom. The molecule has 1 aliphatic rings. The molecule has 1 rings (SSSR count). The summed E-state index contributed by atoms with van der Waals surface area (Å²) < 4.78 is 10.8. The van der Waals surface area contributed by atoms with Crippen LogP contribution in [-0.2, 0) is 9.47 Å². The van der Waals surface area contributed by atoms with Gasteiger partial charge in [0, 0.05) is 33.4 Å². The second kappa shape index (κ2) is 9.16. The number of ether oxygens (including phenoxy) is 2. The number of methoxy groups -OCH3 is 1. The van der Waals surface area contributed by atoms with E-state index in [0.717, 1.165) is 38.9 Å². The molecular formula is C13H25NO4. The molecule has 0 saturated carbocycles. The Bertz CT molecular complexity index is 227. The first-order chi connectivity index (χ1) is 8.74. The largest absolute Gasteiger partial charge is 0.465 e. The van der Waals surface area contributed by atoms with Gasteiger partial charge >= 0.3 is 6.09 Å². The van der Waals surface area contributed by atoms with Gasteiger partial charge in [-0.05, 0) is 25.7 Å². The number of carboxylic acid groups (broad SMARTS) is 1. The van der Waals surface area contributed by atoms with E-state index in [1.165, 1.54) is 17.7 Å². The number of amides is 1. The lowest BCUT2D eigenvalue weighted by molar-refractivity contribution is 0.00838. The molecule has 0 aromatic heterocycles. The minimum atomic E-state index is -0.813. The number of nitrogens with zero attached hydrogens (tertiary/aromatic N) is 1. The van der Waals surface area contributed by atoms with Crippen molar-refractivity contribution >= 4 is 6.09 Å². The number of carbonyl (C=O) groups is 1. The van der Waals surface area contributed by atoms with Gasteiger partial charge < -0.3 is 19.5 Å². The Hall–Kier alpha value is -0.810. The second-order valence-corrected chi connectivity index (χ2v) is 4.75. The Morgan fingerprint density at radius 1 is 1.17 bits per heavy atom. The Morgan fingerprint density at radius 3 is 2.33 bits per heavy atom. The van der Waals surface area contributed by atoms with Crippen molar-refractivity contribution < 1.29 is 19.4 Å². The number of rotatable bonds is 8. The molecule has 5 nitrogen and oxygen atoms in total. The first-order valence-corrected chi connectivity index (χ1v) is 6.82. The lowest BCUT2D eigenvalue weighted by Gasteiger charge is -2.29. The highest BCUT2D eigenvalue weighted by molar-refractivity contribution is 5.64. The molecule has 0 unspecified atom stereocenters. The maximum Gasteiger partial charge on any atom is 0.407 e. The van der Waals surface area contributed by atoms with Crippen LogP contribution >= 0.6 is 0 Å². The van der Waals surface area contributed by atoms with Crippen molar-refractivity contribution in [2.24, 2.45) is 0 Å². The van der Waals surface area contributed by atoms with Crippen LogP contribution in [0.3, 0.4) is 0 Å². The van der Waals surface area contributed by atoms with Crippen molar-refractivity contribution in [3.63, 3.8) is 0 Å². The van der Waals surface area contributed by atoms with Gasteiger partial charge in [0.15, 0.2) is 0 Å². The van der Waals surface area contributed by atoms with Crippen molar-refractivity contribution in [2.45, 2.75) is 44.6 Å². The van der Waals surface area contributed by atoms with Crippen LogP contribution < -0.4 is 0 Å². The zero-order chi connectivity index (χ0) is 13.2. The molecular weight excluding hydrogens is 234 g/mol. The third-order valence-corrected chi connectivity index (χ3v) is 3.31. The standard InChI is InChI=1S/C13H25NO4/c1-17-10-4-2-3-5-11-18-12-6-8-14(9-7-12)13(15)16/h12H,2-11H2,1H3,(H,15,16). The third kappa shape index (κ3) is 6.21. The summed E-state index contributed by atoms with van der Waals surface area (Å²) in [6, 6.07) is 0. The minimum Gasteiger partial charge on any atom is -0.465 e. The molecule has 0 bridgehead atoms. The lowest BCUT2D eigenvalue weighted by Crippen LogP contribution is -2.40. The molecule has 0 aliphatic carbocycles. The van der Waals surface area contributed by atoms with Crippen LogP contribution in [0.15, 0.2) is 0 Å². The Labute approximate surface area is 109 Å². The van der Waals surface area contributed by atoms with Crippen LogP contribution in [0.2, 0.25) is 0 Å². The zero-order valence-corrected chi connectivity index (χ0v) is 11.3. The first kappa shape index (κ1) is 15.2. The van der Waals surface area contributed by atoms with E-state index in [0.29, 0.717) is 13.1 Å². The SMILES string of the molecule is COCCCCCCOC1CCN(C(=O)O)CC1. The van der Waals surface area contributed by atoms with E-state index in [2.05, 4.69) is 0 Å². The molecule has 5 heteroatoms. The molecule has 1 fully saturated rings. The monoisotopic (exact) mass is 259 g/mol. The summed E-state index contributed by atoms with van der Waals surface area (Å²) in [5, 5.41) is 8.82. The summed E-state index contributed by atoms with van der Waals surface area (Å²) >= 11 is 0. The van der Waals surface area contributed by atoms with E-state index in [4.69, 9.17) is 14.6 Å². The fourth-order valence-corrected chi connectivity index (χ4v) is 2.17. The highest BCUT2D eigenvalue weighted by Gasteiger charge is 2.22. The normalized spacial score (nSPS) is 17.1. The number of unbranched alkanes of at least 4 members (excludes halogenated alkanes) is 3. The van der Waals surface area contributed by atoms with Gasteiger partial charge in [0.1, 0.15) is 0 Å². The van der Waals surface area contributed by atoms with Crippen LogP contribution in [0.5, 0.6) is 0 Å². The molecule has 106 valence electrons. The van der Waals surface area contributed by atoms with Crippen molar-refractivity contribution in [3.05, 3.63) is 0 Å². The first-order valence-electron chi connectivity index (χ1n) is 6.82. The van der Waals surface area contributed by atoms with E-state index in [1.54, 1.807) is 7.11 Å². The lowest BCUT2D eigenvalue weighted by atomic mass is 10.1.